The minimum Gasteiger partial charge on any atom is -0.463 e. The Bertz CT molecular complexity index is 938. The smallest absolute Gasteiger partial charge is 0.255 e. The van der Waals surface area contributed by atoms with E-state index in [1.807, 2.05) is 44.5 Å². The lowest BCUT2D eigenvalue weighted by Gasteiger charge is -2.21. The third kappa shape index (κ3) is 3.27. The maximum Gasteiger partial charge on any atom is 0.255 e. The van der Waals surface area contributed by atoms with Crippen LogP contribution in [0.25, 0.3) is 22.5 Å². The Hall–Kier alpha value is -2.89. The Morgan fingerprint density at radius 3 is 2.77 bits per heavy atom. The van der Waals surface area contributed by atoms with Crippen LogP contribution in [0.4, 0.5) is 0 Å². The Kier molecular flexibility index (Phi) is 4.93. The number of rotatable bonds is 6. The first-order valence-electron chi connectivity index (χ1n) is 8.78. The van der Waals surface area contributed by atoms with Crippen LogP contribution in [-0.2, 0) is 0 Å². The molecule has 0 radical (unpaired) electrons. The standard InChI is InChI=1S/C20H24N4O2/c1-6-23(12-13(2)3)20(25)15-10-17(18-8-7-9-26-18)22-19-16(15)11-21-24(19)14(4)5/h7-11,14H,2,6,12H2,1,3-5H3. The number of aromatic nitrogens is 3. The van der Waals surface area contributed by atoms with Gasteiger partial charge < -0.3 is 9.32 Å². The third-order valence-electron chi connectivity index (χ3n) is 4.19. The number of hydrogen-bond acceptors (Lipinski definition) is 4. The number of carbonyl (C=O) groups is 1. The lowest BCUT2D eigenvalue weighted by Crippen LogP contribution is -2.32. The topological polar surface area (TPSA) is 64.2 Å². The van der Waals surface area contributed by atoms with Crippen molar-refractivity contribution in [2.24, 2.45) is 0 Å². The van der Waals surface area contributed by atoms with Gasteiger partial charge in [-0.2, -0.15) is 5.10 Å². The van der Waals surface area contributed by atoms with Crippen LogP contribution < -0.4 is 0 Å². The van der Waals surface area contributed by atoms with E-state index in [1.54, 1.807) is 23.4 Å². The summed E-state index contributed by atoms with van der Waals surface area (Å²) in [7, 11) is 0. The fraction of sp³-hybridized carbons (Fsp3) is 0.350. The van der Waals surface area contributed by atoms with Gasteiger partial charge in [0.25, 0.3) is 5.91 Å². The van der Waals surface area contributed by atoms with Gasteiger partial charge in [-0.05, 0) is 45.9 Å². The first-order chi connectivity index (χ1) is 12.4. The zero-order chi connectivity index (χ0) is 18.8. The molecule has 0 spiro atoms. The van der Waals surface area contributed by atoms with Gasteiger partial charge in [-0.25, -0.2) is 9.67 Å². The van der Waals surface area contributed by atoms with Crippen molar-refractivity contribution < 1.29 is 9.21 Å². The number of carbonyl (C=O) groups excluding carboxylic acids is 1. The van der Waals surface area contributed by atoms with E-state index in [2.05, 4.69) is 11.7 Å². The Morgan fingerprint density at radius 2 is 2.19 bits per heavy atom. The normalized spacial score (nSPS) is 11.3. The van der Waals surface area contributed by atoms with Crippen LogP contribution in [0.3, 0.4) is 0 Å². The predicted octanol–water partition coefficient (Wildman–Crippen LogP) is 4.31. The van der Waals surface area contributed by atoms with Gasteiger partial charge in [0, 0.05) is 19.1 Å². The van der Waals surface area contributed by atoms with Crippen LogP contribution in [0.2, 0.25) is 0 Å². The molecule has 0 aliphatic carbocycles. The van der Waals surface area contributed by atoms with Crippen molar-refractivity contribution in [3.63, 3.8) is 0 Å². The molecule has 0 saturated heterocycles. The minimum absolute atomic E-state index is 0.0565. The van der Waals surface area contributed by atoms with Gasteiger partial charge in [0.2, 0.25) is 0 Å². The summed E-state index contributed by atoms with van der Waals surface area (Å²) in [6, 6.07) is 5.57. The molecule has 0 unspecified atom stereocenters. The number of furan rings is 1. The van der Waals surface area contributed by atoms with E-state index in [1.165, 1.54) is 0 Å². The zero-order valence-electron chi connectivity index (χ0n) is 15.7. The molecule has 6 nitrogen and oxygen atoms in total. The van der Waals surface area contributed by atoms with Crippen LogP contribution in [-0.4, -0.2) is 38.7 Å². The SMILES string of the molecule is C=C(C)CN(CC)C(=O)c1cc(-c2ccco2)nc2c1cnn2C(C)C. The van der Waals surface area contributed by atoms with E-state index in [-0.39, 0.29) is 11.9 Å². The summed E-state index contributed by atoms with van der Waals surface area (Å²) in [5.41, 5.74) is 2.83. The van der Waals surface area contributed by atoms with Gasteiger partial charge in [0.1, 0.15) is 5.69 Å². The average Bonchev–Trinajstić information content (AvgIpc) is 3.27. The lowest BCUT2D eigenvalue weighted by molar-refractivity contribution is 0.0780. The van der Waals surface area contributed by atoms with Gasteiger partial charge in [-0.1, -0.05) is 12.2 Å². The number of hydrogen-bond donors (Lipinski definition) is 0. The van der Waals surface area contributed by atoms with Crippen LogP contribution >= 0.6 is 0 Å². The maximum absolute atomic E-state index is 13.2. The second kappa shape index (κ2) is 7.15. The summed E-state index contributed by atoms with van der Waals surface area (Å²) < 4.78 is 7.33. The molecule has 3 rings (SSSR count). The van der Waals surface area contributed by atoms with Crippen molar-refractivity contribution in [2.45, 2.75) is 33.7 Å². The fourth-order valence-corrected chi connectivity index (χ4v) is 2.95. The van der Waals surface area contributed by atoms with Crippen molar-refractivity contribution in [3.05, 3.63) is 48.4 Å². The van der Waals surface area contributed by atoms with Crippen LogP contribution in [0.1, 0.15) is 44.1 Å². The minimum atomic E-state index is -0.0565. The summed E-state index contributed by atoms with van der Waals surface area (Å²) in [4.78, 5) is 19.7. The molecule has 0 aliphatic rings. The molecule has 0 aliphatic heterocycles. The second-order valence-electron chi connectivity index (χ2n) is 6.73. The van der Waals surface area contributed by atoms with Crippen molar-refractivity contribution in [1.82, 2.24) is 19.7 Å². The monoisotopic (exact) mass is 352 g/mol. The van der Waals surface area contributed by atoms with E-state index < -0.39 is 0 Å². The van der Waals surface area contributed by atoms with Crippen molar-refractivity contribution in [2.75, 3.05) is 13.1 Å². The highest BCUT2D eigenvalue weighted by Crippen LogP contribution is 2.27. The molecule has 0 atom stereocenters. The van der Waals surface area contributed by atoms with Crippen LogP contribution in [0.15, 0.2) is 47.2 Å². The van der Waals surface area contributed by atoms with Crippen LogP contribution in [0.5, 0.6) is 0 Å². The largest absolute Gasteiger partial charge is 0.463 e. The second-order valence-corrected chi connectivity index (χ2v) is 6.73. The van der Waals surface area contributed by atoms with Gasteiger partial charge in [0.05, 0.1) is 23.4 Å². The van der Waals surface area contributed by atoms with E-state index in [4.69, 9.17) is 9.40 Å². The molecule has 6 heteroatoms. The zero-order valence-corrected chi connectivity index (χ0v) is 15.7. The van der Waals surface area contributed by atoms with Crippen molar-refractivity contribution in [1.29, 1.82) is 0 Å². The number of likely N-dealkylation sites (N-methyl/N-ethyl adjacent to an activating group) is 1. The van der Waals surface area contributed by atoms with Crippen molar-refractivity contribution >= 4 is 16.9 Å². The Morgan fingerprint density at radius 1 is 1.42 bits per heavy atom. The molecular weight excluding hydrogens is 328 g/mol. The molecule has 3 aromatic heterocycles. The first-order valence-corrected chi connectivity index (χ1v) is 8.78. The number of nitrogens with zero attached hydrogens (tertiary/aromatic N) is 4. The molecule has 1 amide bonds. The molecule has 3 heterocycles. The highest BCUT2D eigenvalue weighted by Gasteiger charge is 2.22. The maximum atomic E-state index is 13.2. The van der Waals surface area contributed by atoms with E-state index in [9.17, 15) is 4.79 Å². The lowest BCUT2D eigenvalue weighted by atomic mass is 10.1. The Labute approximate surface area is 153 Å². The van der Waals surface area contributed by atoms with Crippen LogP contribution in [0, 0.1) is 0 Å². The molecular formula is C20H24N4O2. The Balaban J connectivity index is 2.19. The summed E-state index contributed by atoms with van der Waals surface area (Å²) >= 11 is 0. The fourth-order valence-electron chi connectivity index (χ4n) is 2.95. The number of pyridine rings is 1. The van der Waals surface area contributed by atoms with E-state index >= 15 is 0 Å². The molecule has 0 N–H and O–H groups in total. The number of fused-ring (bicyclic) bond motifs is 1. The van der Waals surface area contributed by atoms with Gasteiger partial charge in [0.15, 0.2) is 11.4 Å². The number of amides is 1. The molecule has 136 valence electrons. The summed E-state index contributed by atoms with van der Waals surface area (Å²) in [6.07, 6.45) is 3.32. The molecule has 3 aromatic rings. The quantitative estimate of drug-likeness (QED) is 0.620. The average molecular weight is 352 g/mol. The van der Waals surface area contributed by atoms with E-state index in [0.717, 1.165) is 11.0 Å². The molecule has 0 aromatic carbocycles. The highest BCUT2D eigenvalue weighted by atomic mass is 16.3. The highest BCUT2D eigenvalue weighted by molar-refractivity contribution is 6.06. The first kappa shape index (κ1) is 17.9. The molecule has 0 saturated carbocycles. The summed E-state index contributed by atoms with van der Waals surface area (Å²) in [6.45, 7) is 13.0. The summed E-state index contributed by atoms with van der Waals surface area (Å²) in [5.74, 6) is 0.569. The van der Waals surface area contributed by atoms with Crippen molar-refractivity contribution in [3.8, 4) is 11.5 Å². The van der Waals surface area contributed by atoms with Gasteiger partial charge in [-0.15, -0.1) is 0 Å². The summed E-state index contributed by atoms with van der Waals surface area (Å²) in [5, 5.41) is 5.19. The third-order valence-corrected chi connectivity index (χ3v) is 4.19. The molecule has 0 bridgehead atoms. The predicted molar refractivity (Wildman–Crippen MR) is 102 cm³/mol. The van der Waals surface area contributed by atoms with E-state index in [0.29, 0.717) is 35.8 Å². The molecule has 26 heavy (non-hydrogen) atoms. The van der Waals surface area contributed by atoms with Gasteiger partial charge >= 0.3 is 0 Å². The molecule has 0 fully saturated rings. The van der Waals surface area contributed by atoms with Gasteiger partial charge in [-0.3, -0.25) is 4.79 Å².